The quantitative estimate of drug-likeness (QED) is 0.639. The van der Waals surface area contributed by atoms with Crippen LogP contribution in [0, 0.1) is 5.82 Å². The van der Waals surface area contributed by atoms with Crippen LogP contribution in [0.15, 0.2) is 36.4 Å². The average Bonchev–Trinajstić information content (AvgIpc) is 2.88. The molecular formula is C18H12ClFN2O5. The maximum absolute atomic E-state index is 13.8. The fourth-order valence-electron chi connectivity index (χ4n) is 2.64. The zero-order valence-electron chi connectivity index (χ0n) is 13.9. The van der Waals surface area contributed by atoms with Crippen LogP contribution in [0.1, 0.15) is 31.1 Å². The molecule has 0 radical (unpaired) electrons. The Bertz CT molecular complexity index is 992. The van der Waals surface area contributed by atoms with E-state index in [1.165, 1.54) is 37.4 Å². The van der Waals surface area contributed by atoms with Crippen molar-refractivity contribution in [1.29, 1.82) is 0 Å². The number of nitrogens with zero attached hydrogens (tertiary/aromatic N) is 1. The maximum Gasteiger partial charge on any atom is 0.337 e. The summed E-state index contributed by atoms with van der Waals surface area (Å²) in [6.07, 6.45) is 0. The Morgan fingerprint density at radius 3 is 2.59 bits per heavy atom. The monoisotopic (exact) mass is 390 g/mol. The molecule has 1 aliphatic heterocycles. The number of ether oxygens (including phenoxy) is 1. The van der Waals surface area contributed by atoms with Crippen molar-refractivity contribution in [2.75, 3.05) is 19.0 Å². The summed E-state index contributed by atoms with van der Waals surface area (Å²) < 4.78 is 18.4. The second-order valence-corrected chi connectivity index (χ2v) is 6.00. The van der Waals surface area contributed by atoms with Gasteiger partial charge in [0.2, 0.25) is 5.91 Å². The molecule has 0 atom stereocenters. The molecule has 138 valence electrons. The van der Waals surface area contributed by atoms with E-state index in [9.17, 15) is 23.6 Å². The van der Waals surface area contributed by atoms with Gasteiger partial charge in [0.1, 0.15) is 12.4 Å². The number of imide groups is 1. The Morgan fingerprint density at radius 2 is 1.93 bits per heavy atom. The zero-order chi connectivity index (χ0) is 19.7. The summed E-state index contributed by atoms with van der Waals surface area (Å²) in [5.74, 6) is -3.86. The Hall–Kier alpha value is -3.26. The van der Waals surface area contributed by atoms with E-state index in [-0.39, 0.29) is 27.4 Å². The Balaban J connectivity index is 1.78. The predicted molar refractivity (Wildman–Crippen MR) is 93.2 cm³/mol. The highest BCUT2D eigenvalue weighted by Crippen LogP contribution is 2.26. The van der Waals surface area contributed by atoms with Gasteiger partial charge in [0, 0.05) is 0 Å². The van der Waals surface area contributed by atoms with Gasteiger partial charge in [0.15, 0.2) is 0 Å². The topological polar surface area (TPSA) is 92.8 Å². The standard InChI is InChI=1S/C18H12ClFN2O5/c1-27-18(26)9-5-6-11(19)13(7-9)21-14(23)8-22-16(24)10-3-2-4-12(20)15(10)17(22)25/h2-7H,8H2,1H3,(H,21,23). The third-order valence-electron chi connectivity index (χ3n) is 3.91. The van der Waals surface area contributed by atoms with Gasteiger partial charge in [-0.1, -0.05) is 17.7 Å². The molecule has 0 spiro atoms. The van der Waals surface area contributed by atoms with E-state index in [4.69, 9.17) is 11.6 Å². The van der Waals surface area contributed by atoms with Crippen LogP contribution in [0.3, 0.4) is 0 Å². The van der Waals surface area contributed by atoms with Crippen LogP contribution in [0.2, 0.25) is 5.02 Å². The molecule has 0 bridgehead atoms. The van der Waals surface area contributed by atoms with Crippen molar-refractivity contribution >= 4 is 41.0 Å². The molecular weight excluding hydrogens is 379 g/mol. The van der Waals surface area contributed by atoms with E-state index in [0.29, 0.717) is 4.90 Å². The first-order chi connectivity index (χ1) is 12.8. The van der Waals surface area contributed by atoms with Crippen LogP contribution in [-0.4, -0.2) is 42.2 Å². The molecule has 9 heteroatoms. The van der Waals surface area contributed by atoms with E-state index in [2.05, 4.69) is 10.1 Å². The fraction of sp³-hybridized carbons (Fsp3) is 0.111. The summed E-state index contributed by atoms with van der Waals surface area (Å²) in [4.78, 5) is 49.0. The molecule has 1 heterocycles. The zero-order valence-corrected chi connectivity index (χ0v) is 14.7. The number of nitrogens with one attached hydrogen (secondary N) is 1. The van der Waals surface area contributed by atoms with Crippen LogP contribution in [0.5, 0.6) is 0 Å². The lowest BCUT2D eigenvalue weighted by Gasteiger charge is -2.14. The van der Waals surface area contributed by atoms with Crippen molar-refractivity contribution in [2.24, 2.45) is 0 Å². The van der Waals surface area contributed by atoms with Gasteiger partial charge < -0.3 is 10.1 Å². The second-order valence-electron chi connectivity index (χ2n) is 5.59. The molecule has 7 nitrogen and oxygen atoms in total. The molecule has 0 aromatic heterocycles. The predicted octanol–water partition coefficient (Wildman–Crippen LogP) is 2.50. The number of esters is 1. The fourth-order valence-corrected chi connectivity index (χ4v) is 2.80. The minimum Gasteiger partial charge on any atom is -0.465 e. The van der Waals surface area contributed by atoms with Crippen molar-refractivity contribution in [3.05, 3.63) is 63.9 Å². The Kier molecular flexibility index (Phi) is 4.91. The van der Waals surface area contributed by atoms with Crippen LogP contribution < -0.4 is 5.32 Å². The van der Waals surface area contributed by atoms with Crippen LogP contribution in [0.25, 0.3) is 0 Å². The van der Waals surface area contributed by atoms with E-state index < -0.39 is 36.1 Å². The first-order valence-electron chi connectivity index (χ1n) is 7.66. The summed E-state index contributed by atoms with van der Waals surface area (Å²) >= 11 is 5.99. The lowest BCUT2D eigenvalue weighted by Crippen LogP contribution is -2.37. The van der Waals surface area contributed by atoms with Crippen molar-refractivity contribution in [1.82, 2.24) is 4.90 Å². The third-order valence-corrected chi connectivity index (χ3v) is 4.24. The van der Waals surface area contributed by atoms with E-state index in [1.54, 1.807) is 0 Å². The minimum atomic E-state index is -0.891. The summed E-state index contributed by atoms with van der Waals surface area (Å²) in [7, 11) is 1.20. The van der Waals surface area contributed by atoms with E-state index in [1.807, 2.05) is 0 Å². The highest BCUT2D eigenvalue weighted by molar-refractivity contribution is 6.34. The molecule has 0 unspecified atom stereocenters. The van der Waals surface area contributed by atoms with Gasteiger partial charge in [-0.25, -0.2) is 9.18 Å². The maximum atomic E-state index is 13.8. The smallest absolute Gasteiger partial charge is 0.337 e. The average molecular weight is 391 g/mol. The summed E-state index contributed by atoms with van der Waals surface area (Å²) in [5, 5.41) is 2.56. The molecule has 0 saturated heterocycles. The molecule has 2 aromatic rings. The highest BCUT2D eigenvalue weighted by atomic mass is 35.5. The molecule has 0 aliphatic carbocycles. The van der Waals surface area contributed by atoms with Crippen molar-refractivity contribution in [2.45, 2.75) is 0 Å². The number of halogens is 2. The number of hydrogen-bond acceptors (Lipinski definition) is 5. The molecule has 1 aliphatic rings. The number of carbonyl (C=O) groups is 4. The minimum absolute atomic E-state index is 0.0986. The van der Waals surface area contributed by atoms with Gasteiger partial charge in [-0.05, 0) is 30.3 Å². The van der Waals surface area contributed by atoms with Crippen LogP contribution >= 0.6 is 11.6 Å². The normalized spacial score (nSPS) is 12.8. The number of anilines is 1. The number of amides is 3. The Morgan fingerprint density at radius 1 is 1.19 bits per heavy atom. The highest BCUT2D eigenvalue weighted by Gasteiger charge is 2.38. The van der Waals surface area contributed by atoms with Gasteiger partial charge in [-0.3, -0.25) is 19.3 Å². The van der Waals surface area contributed by atoms with Gasteiger partial charge in [-0.2, -0.15) is 0 Å². The number of carbonyl (C=O) groups excluding carboxylic acids is 4. The van der Waals surface area contributed by atoms with Gasteiger partial charge >= 0.3 is 5.97 Å². The van der Waals surface area contributed by atoms with Crippen LogP contribution in [-0.2, 0) is 9.53 Å². The first kappa shape index (κ1) is 18.5. The Labute approximate surface area is 157 Å². The van der Waals surface area contributed by atoms with E-state index in [0.717, 1.165) is 6.07 Å². The lowest BCUT2D eigenvalue weighted by atomic mass is 10.1. The van der Waals surface area contributed by atoms with Crippen molar-refractivity contribution in [3.63, 3.8) is 0 Å². The molecule has 3 rings (SSSR count). The van der Waals surface area contributed by atoms with Crippen molar-refractivity contribution < 1.29 is 28.3 Å². The number of benzene rings is 2. The second kappa shape index (κ2) is 7.16. The van der Waals surface area contributed by atoms with Crippen molar-refractivity contribution in [3.8, 4) is 0 Å². The molecule has 0 saturated carbocycles. The van der Waals surface area contributed by atoms with Gasteiger partial charge in [0.25, 0.3) is 11.8 Å². The third kappa shape index (κ3) is 3.39. The number of fused-ring (bicyclic) bond motifs is 1. The largest absolute Gasteiger partial charge is 0.465 e. The molecule has 2 aromatic carbocycles. The van der Waals surface area contributed by atoms with E-state index >= 15 is 0 Å². The number of methoxy groups -OCH3 is 1. The molecule has 0 fully saturated rings. The number of hydrogen-bond donors (Lipinski definition) is 1. The first-order valence-corrected chi connectivity index (χ1v) is 8.03. The molecule has 3 amide bonds. The van der Waals surface area contributed by atoms with Gasteiger partial charge in [0.05, 0.1) is 34.5 Å². The summed E-state index contributed by atoms with van der Waals surface area (Å²) in [5.41, 5.74) is -0.202. The summed E-state index contributed by atoms with van der Waals surface area (Å²) in [6, 6.07) is 7.78. The molecule has 1 N–H and O–H groups in total. The van der Waals surface area contributed by atoms with Gasteiger partial charge in [-0.15, -0.1) is 0 Å². The lowest BCUT2D eigenvalue weighted by molar-refractivity contribution is -0.116. The van der Waals surface area contributed by atoms with Crippen LogP contribution in [0.4, 0.5) is 10.1 Å². The molecule has 27 heavy (non-hydrogen) atoms. The summed E-state index contributed by atoms with van der Waals surface area (Å²) in [6.45, 7) is -0.634. The number of rotatable bonds is 4. The SMILES string of the molecule is COC(=O)c1ccc(Cl)c(NC(=O)CN2C(=O)c3cccc(F)c3C2=O)c1.